The van der Waals surface area contributed by atoms with Crippen molar-refractivity contribution in [3.8, 4) is 5.75 Å². The first-order valence-electron chi connectivity index (χ1n) is 7.93. The number of nitrogens with one attached hydrogen (secondary N) is 2. The van der Waals surface area contributed by atoms with Crippen molar-refractivity contribution in [2.75, 3.05) is 19.8 Å². The highest BCUT2D eigenvalue weighted by molar-refractivity contribution is 6.32. The number of hydrogen-bond acceptors (Lipinski definition) is 6. The number of hydrogen-bond donors (Lipinski definition) is 2. The zero-order chi connectivity index (χ0) is 19.1. The third kappa shape index (κ3) is 5.13. The molecular weight excluding hydrogens is 364 g/mol. The minimum absolute atomic E-state index is 0.172. The van der Waals surface area contributed by atoms with E-state index in [9.17, 15) is 14.4 Å². The number of rotatable bonds is 7. The van der Waals surface area contributed by atoms with Gasteiger partial charge in [-0.05, 0) is 26.0 Å². The summed E-state index contributed by atoms with van der Waals surface area (Å²) >= 11 is 5.93. The molecular formula is C17H19ClN2O6. The van der Waals surface area contributed by atoms with Crippen LogP contribution in [0.5, 0.6) is 5.75 Å². The van der Waals surface area contributed by atoms with Crippen molar-refractivity contribution in [2.24, 2.45) is 0 Å². The number of urea groups is 1. The Morgan fingerprint density at radius 1 is 1.23 bits per heavy atom. The first-order chi connectivity index (χ1) is 12.4. The Labute approximate surface area is 155 Å². The third-order valence-corrected chi connectivity index (χ3v) is 3.74. The van der Waals surface area contributed by atoms with Crippen LogP contribution in [-0.4, -0.2) is 43.8 Å². The van der Waals surface area contributed by atoms with E-state index < -0.39 is 24.0 Å². The van der Waals surface area contributed by atoms with Gasteiger partial charge in [-0.15, -0.1) is 0 Å². The molecule has 1 heterocycles. The number of para-hydroxylation sites is 1. The summed E-state index contributed by atoms with van der Waals surface area (Å²) in [5, 5.41) is 5.38. The average Bonchev–Trinajstić information content (AvgIpc) is 2.58. The van der Waals surface area contributed by atoms with E-state index in [1.807, 2.05) is 0 Å². The molecule has 140 valence electrons. The summed E-state index contributed by atoms with van der Waals surface area (Å²) in [5.74, 6) is -0.923. The molecule has 0 aromatic heterocycles. The number of amides is 2. The zero-order valence-electron chi connectivity index (χ0n) is 14.3. The van der Waals surface area contributed by atoms with E-state index >= 15 is 0 Å². The predicted molar refractivity (Wildman–Crippen MR) is 92.7 cm³/mol. The molecule has 1 aromatic rings. The van der Waals surface area contributed by atoms with E-state index in [4.69, 9.17) is 25.8 Å². The monoisotopic (exact) mass is 382 g/mol. The summed E-state index contributed by atoms with van der Waals surface area (Å²) < 4.78 is 15.3. The standard InChI is InChI=1S/C17H19ClN2O6/c1-3-24-16(22)15-10(2)19-17(23)20-12(15)8-26-14(21)9-25-13-7-5-4-6-11(13)18/h4-7,10H,3,8-9H2,1-2H3,(H2,19,20,23)/t10-/m0/s1. The Bertz CT molecular complexity index is 734. The number of ether oxygens (including phenoxy) is 3. The van der Waals surface area contributed by atoms with Crippen molar-refractivity contribution in [3.05, 3.63) is 40.6 Å². The van der Waals surface area contributed by atoms with Crippen LogP contribution in [-0.2, 0) is 19.1 Å². The molecule has 26 heavy (non-hydrogen) atoms. The van der Waals surface area contributed by atoms with E-state index in [1.165, 1.54) is 0 Å². The van der Waals surface area contributed by atoms with E-state index in [0.717, 1.165) is 0 Å². The molecule has 0 radical (unpaired) electrons. The molecule has 2 amide bonds. The maximum atomic E-state index is 12.1. The normalized spacial score (nSPS) is 16.4. The van der Waals surface area contributed by atoms with Gasteiger partial charge >= 0.3 is 18.0 Å². The molecule has 2 rings (SSSR count). The SMILES string of the molecule is CCOC(=O)C1=C(COC(=O)COc2ccccc2Cl)NC(=O)N[C@H]1C. The van der Waals surface area contributed by atoms with E-state index in [2.05, 4.69) is 10.6 Å². The molecule has 0 bridgehead atoms. The van der Waals surface area contributed by atoms with Gasteiger partial charge in [0.15, 0.2) is 6.61 Å². The Hall–Kier alpha value is -2.74. The van der Waals surface area contributed by atoms with Crippen molar-refractivity contribution >= 4 is 29.6 Å². The second-order valence-corrected chi connectivity index (χ2v) is 5.72. The Morgan fingerprint density at radius 3 is 2.65 bits per heavy atom. The average molecular weight is 383 g/mol. The Morgan fingerprint density at radius 2 is 1.96 bits per heavy atom. The summed E-state index contributed by atoms with van der Waals surface area (Å²) in [6.45, 7) is 2.82. The van der Waals surface area contributed by atoms with E-state index in [0.29, 0.717) is 10.8 Å². The second kappa shape index (κ2) is 9.10. The Kier molecular flexibility index (Phi) is 6.85. The maximum Gasteiger partial charge on any atom is 0.344 e. The molecule has 2 N–H and O–H groups in total. The fraction of sp³-hybridized carbons (Fsp3) is 0.353. The van der Waals surface area contributed by atoms with Gasteiger partial charge in [0.2, 0.25) is 0 Å². The van der Waals surface area contributed by atoms with Crippen LogP contribution in [0.1, 0.15) is 13.8 Å². The van der Waals surface area contributed by atoms with Crippen LogP contribution < -0.4 is 15.4 Å². The number of esters is 2. The van der Waals surface area contributed by atoms with Crippen LogP contribution in [0, 0.1) is 0 Å². The number of carbonyl (C=O) groups is 3. The first-order valence-corrected chi connectivity index (χ1v) is 8.30. The molecule has 1 aromatic carbocycles. The van der Waals surface area contributed by atoms with Crippen molar-refractivity contribution in [1.82, 2.24) is 10.6 Å². The zero-order valence-corrected chi connectivity index (χ0v) is 15.1. The first kappa shape index (κ1) is 19.6. The van der Waals surface area contributed by atoms with Crippen LogP contribution in [0.3, 0.4) is 0 Å². The fourth-order valence-electron chi connectivity index (χ4n) is 2.29. The van der Waals surface area contributed by atoms with Gasteiger partial charge in [0.1, 0.15) is 12.4 Å². The molecule has 1 atom stereocenters. The van der Waals surface area contributed by atoms with Gasteiger partial charge in [0, 0.05) is 0 Å². The minimum Gasteiger partial charge on any atom is -0.480 e. The molecule has 0 spiro atoms. The number of benzene rings is 1. The van der Waals surface area contributed by atoms with Crippen molar-refractivity contribution < 1.29 is 28.6 Å². The van der Waals surface area contributed by atoms with Gasteiger partial charge < -0.3 is 24.8 Å². The van der Waals surface area contributed by atoms with Crippen LogP contribution in [0.4, 0.5) is 4.79 Å². The van der Waals surface area contributed by atoms with Gasteiger partial charge in [0.25, 0.3) is 0 Å². The molecule has 0 unspecified atom stereocenters. The number of halogens is 1. The van der Waals surface area contributed by atoms with Crippen molar-refractivity contribution in [1.29, 1.82) is 0 Å². The topological polar surface area (TPSA) is 103 Å². The van der Waals surface area contributed by atoms with Gasteiger partial charge in [-0.25, -0.2) is 14.4 Å². The summed E-state index contributed by atoms with van der Waals surface area (Å²) in [5.41, 5.74) is 0.372. The van der Waals surface area contributed by atoms with Gasteiger partial charge in [0.05, 0.1) is 28.9 Å². The smallest absolute Gasteiger partial charge is 0.344 e. The maximum absolute atomic E-state index is 12.1. The van der Waals surface area contributed by atoms with Crippen LogP contribution >= 0.6 is 11.6 Å². The molecule has 9 heteroatoms. The van der Waals surface area contributed by atoms with Gasteiger partial charge in [-0.3, -0.25) is 0 Å². The van der Waals surface area contributed by atoms with Crippen molar-refractivity contribution in [3.63, 3.8) is 0 Å². The highest BCUT2D eigenvalue weighted by Crippen LogP contribution is 2.23. The van der Waals surface area contributed by atoms with Crippen LogP contribution in [0.15, 0.2) is 35.5 Å². The lowest BCUT2D eigenvalue weighted by Gasteiger charge is -2.26. The van der Waals surface area contributed by atoms with Crippen molar-refractivity contribution in [2.45, 2.75) is 19.9 Å². The second-order valence-electron chi connectivity index (χ2n) is 5.31. The lowest BCUT2D eigenvalue weighted by molar-refractivity contribution is -0.145. The molecule has 8 nitrogen and oxygen atoms in total. The summed E-state index contributed by atoms with van der Waals surface area (Å²) in [6, 6.07) is 5.63. The van der Waals surface area contributed by atoms with E-state index in [-0.39, 0.29) is 31.1 Å². The molecule has 0 aliphatic carbocycles. The molecule has 1 aliphatic rings. The lowest BCUT2D eigenvalue weighted by Crippen LogP contribution is -2.50. The minimum atomic E-state index is -0.680. The predicted octanol–water partition coefficient (Wildman–Crippen LogP) is 1.78. The van der Waals surface area contributed by atoms with Gasteiger partial charge in [-0.2, -0.15) is 0 Å². The van der Waals surface area contributed by atoms with Gasteiger partial charge in [-0.1, -0.05) is 23.7 Å². The fourth-order valence-corrected chi connectivity index (χ4v) is 2.48. The lowest BCUT2D eigenvalue weighted by atomic mass is 10.0. The molecule has 0 saturated carbocycles. The molecule has 1 aliphatic heterocycles. The summed E-state index contributed by atoms with van der Waals surface area (Å²) in [4.78, 5) is 35.6. The van der Waals surface area contributed by atoms with E-state index in [1.54, 1.807) is 38.1 Å². The summed E-state index contributed by atoms with van der Waals surface area (Å²) in [7, 11) is 0. The van der Waals surface area contributed by atoms with Crippen LogP contribution in [0.2, 0.25) is 5.02 Å². The largest absolute Gasteiger partial charge is 0.480 e. The number of carbonyl (C=O) groups excluding carboxylic acids is 3. The highest BCUT2D eigenvalue weighted by Gasteiger charge is 2.30. The van der Waals surface area contributed by atoms with Crippen LogP contribution in [0.25, 0.3) is 0 Å². The summed E-state index contributed by atoms with van der Waals surface area (Å²) in [6.07, 6.45) is 0. The molecule has 0 saturated heterocycles. The quantitative estimate of drug-likeness (QED) is 0.697. The Balaban J connectivity index is 1.99. The highest BCUT2D eigenvalue weighted by atomic mass is 35.5. The molecule has 0 fully saturated rings. The third-order valence-electron chi connectivity index (χ3n) is 3.43.